The van der Waals surface area contributed by atoms with Crippen LogP contribution in [0.15, 0.2) is 57.9 Å². The molecule has 3 heteroatoms. The molecule has 127 valence electrons. The van der Waals surface area contributed by atoms with E-state index in [1.165, 1.54) is 27.8 Å². The Balaban J connectivity index is 0.00000113. The van der Waals surface area contributed by atoms with Gasteiger partial charge in [-0.15, -0.1) is 0 Å². The molecule has 1 atom stereocenters. The van der Waals surface area contributed by atoms with E-state index in [1.807, 2.05) is 0 Å². The third kappa shape index (κ3) is 3.36. The van der Waals surface area contributed by atoms with Crippen molar-refractivity contribution >= 4 is 5.57 Å². The Morgan fingerprint density at radius 1 is 0.880 bits per heavy atom. The zero-order valence-corrected chi connectivity index (χ0v) is 18.7. The molecule has 0 aromatic heterocycles. The summed E-state index contributed by atoms with van der Waals surface area (Å²) in [6, 6.07) is 15.9. The van der Waals surface area contributed by atoms with Crippen LogP contribution in [0.3, 0.4) is 0 Å². The Morgan fingerprint density at radius 2 is 1.52 bits per heavy atom. The fourth-order valence-corrected chi connectivity index (χ4v) is 4.98. The molecule has 2 aromatic carbocycles. The minimum atomic E-state index is 0. The van der Waals surface area contributed by atoms with Crippen LogP contribution in [0.4, 0.5) is 0 Å². The molecule has 0 spiro atoms. The van der Waals surface area contributed by atoms with Crippen LogP contribution in [0.5, 0.6) is 0 Å². The van der Waals surface area contributed by atoms with Gasteiger partial charge in [-0.1, -0.05) is 0 Å². The minimum Gasteiger partial charge on any atom is -1.00 e. The Hall–Kier alpha value is -0.617. The largest absolute Gasteiger partial charge is 1.00 e. The van der Waals surface area contributed by atoms with E-state index >= 15 is 0 Å². The summed E-state index contributed by atoms with van der Waals surface area (Å²) < 4.78 is 1.58. The van der Waals surface area contributed by atoms with E-state index in [0.29, 0.717) is 5.92 Å². The summed E-state index contributed by atoms with van der Waals surface area (Å²) in [6.45, 7) is 7.12. The summed E-state index contributed by atoms with van der Waals surface area (Å²) in [6.07, 6.45) is 5.78. The fraction of sp³-hybridized carbons (Fsp3) is 0.273. The molecule has 0 radical (unpaired) electrons. The molecule has 1 unspecified atom stereocenters. The fourth-order valence-electron chi connectivity index (χ4n) is 4.15. The van der Waals surface area contributed by atoms with Crippen molar-refractivity contribution in [3.8, 4) is 11.1 Å². The number of fused-ring (bicyclic) bond motifs is 3. The summed E-state index contributed by atoms with van der Waals surface area (Å²) in [5, 5.41) is 0. The van der Waals surface area contributed by atoms with Crippen molar-refractivity contribution in [1.82, 2.24) is 0 Å². The molecule has 0 saturated heterocycles. The summed E-state index contributed by atoms with van der Waals surface area (Å²) in [7, 11) is 0. The van der Waals surface area contributed by atoms with Gasteiger partial charge in [0.2, 0.25) is 0 Å². The Bertz CT molecular complexity index is 857. The molecule has 2 aliphatic carbocycles. The van der Waals surface area contributed by atoms with E-state index in [2.05, 4.69) is 75.4 Å². The van der Waals surface area contributed by atoms with Crippen LogP contribution in [0, 0.1) is 5.41 Å². The van der Waals surface area contributed by atoms with Crippen LogP contribution in [0.25, 0.3) is 16.7 Å². The van der Waals surface area contributed by atoms with Gasteiger partial charge in [-0.05, 0) is 0 Å². The second-order valence-electron chi connectivity index (χ2n) is 7.65. The van der Waals surface area contributed by atoms with Crippen LogP contribution < -0.4 is 24.8 Å². The molecule has 2 aromatic rings. The zero-order valence-electron chi connectivity index (χ0n) is 14.7. The molecule has 0 nitrogen and oxygen atoms in total. The molecule has 0 fully saturated rings. The molecule has 0 bridgehead atoms. The number of halogens is 2. The first kappa shape index (κ1) is 20.7. The second kappa shape index (κ2) is 7.55. The van der Waals surface area contributed by atoms with Crippen molar-refractivity contribution in [2.75, 3.05) is 0 Å². The van der Waals surface area contributed by atoms with Crippen molar-refractivity contribution in [3.05, 3.63) is 74.6 Å². The summed E-state index contributed by atoms with van der Waals surface area (Å²) >= 11 is 1.54. The van der Waals surface area contributed by atoms with E-state index in [-0.39, 0.29) is 30.2 Å². The van der Waals surface area contributed by atoms with E-state index < -0.39 is 0 Å². The SMILES string of the molecule is CC(C)(C)C1c2ccccc2-c2cccc(C3=[C]([Zr+2])CC=C3)c21.[Cl-].[Cl-]. The van der Waals surface area contributed by atoms with Gasteiger partial charge in [0.1, 0.15) is 0 Å². The Labute approximate surface area is 178 Å². The van der Waals surface area contributed by atoms with Crippen molar-refractivity contribution < 1.29 is 49.5 Å². The van der Waals surface area contributed by atoms with Gasteiger partial charge in [0.05, 0.1) is 0 Å². The average Bonchev–Trinajstić information content (AvgIpc) is 3.07. The first-order valence-corrected chi connectivity index (χ1v) is 9.55. The molecule has 0 saturated carbocycles. The van der Waals surface area contributed by atoms with E-state index in [0.717, 1.165) is 6.42 Å². The van der Waals surface area contributed by atoms with Gasteiger partial charge in [0.25, 0.3) is 0 Å². The van der Waals surface area contributed by atoms with Gasteiger partial charge in [-0.25, -0.2) is 0 Å². The molecular weight excluding hydrogens is 426 g/mol. The first-order valence-electron chi connectivity index (χ1n) is 8.32. The predicted octanol–water partition coefficient (Wildman–Crippen LogP) is 0.0708. The topological polar surface area (TPSA) is 0 Å². The summed E-state index contributed by atoms with van der Waals surface area (Å²) in [4.78, 5) is 0. The predicted molar refractivity (Wildman–Crippen MR) is 93.9 cm³/mol. The summed E-state index contributed by atoms with van der Waals surface area (Å²) in [5.74, 6) is 0.468. The van der Waals surface area contributed by atoms with Gasteiger partial charge >= 0.3 is 155 Å². The maximum atomic E-state index is 2.37. The van der Waals surface area contributed by atoms with Crippen LogP contribution in [-0.2, 0) is 24.7 Å². The third-order valence-corrected chi connectivity index (χ3v) is 6.21. The molecule has 25 heavy (non-hydrogen) atoms. The number of benzene rings is 2. The molecule has 4 rings (SSSR count). The maximum Gasteiger partial charge on any atom is -1.00 e. The van der Waals surface area contributed by atoms with Crippen molar-refractivity contribution in [1.29, 1.82) is 0 Å². The van der Waals surface area contributed by atoms with Crippen LogP contribution in [0.2, 0.25) is 0 Å². The first-order chi connectivity index (χ1) is 11.0. The molecule has 0 amide bonds. The van der Waals surface area contributed by atoms with Crippen LogP contribution in [0.1, 0.15) is 49.8 Å². The van der Waals surface area contributed by atoms with E-state index in [4.69, 9.17) is 0 Å². The van der Waals surface area contributed by atoms with Crippen molar-refractivity contribution in [2.45, 2.75) is 33.1 Å². The monoisotopic (exact) mass is 445 g/mol. The minimum absolute atomic E-state index is 0. The van der Waals surface area contributed by atoms with Gasteiger partial charge in [-0.2, -0.15) is 0 Å². The number of hydrogen-bond acceptors (Lipinski definition) is 0. The van der Waals surface area contributed by atoms with Gasteiger partial charge in [-0.3, -0.25) is 0 Å². The van der Waals surface area contributed by atoms with Gasteiger partial charge in [0, 0.05) is 0 Å². The Morgan fingerprint density at radius 3 is 2.16 bits per heavy atom. The van der Waals surface area contributed by atoms with Gasteiger partial charge < -0.3 is 24.8 Å². The standard InChI is InChI=1S/C22H21.2ClH.Zr/c1-22(2,3)21-19-12-7-6-11-17(19)18-14-8-13-16(20(18)21)15-9-4-5-10-15;;;/h4,6-9,11-14,21H,5H2,1-3H3;2*1H;/q;;;+2/p-2. The molecule has 0 aliphatic heterocycles. The average molecular weight is 448 g/mol. The van der Waals surface area contributed by atoms with Crippen LogP contribution in [-0.4, -0.2) is 0 Å². The number of hydrogen-bond donors (Lipinski definition) is 0. The van der Waals surface area contributed by atoms with Crippen LogP contribution >= 0.6 is 0 Å². The zero-order chi connectivity index (χ0) is 16.2. The number of rotatable bonds is 1. The maximum absolute atomic E-state index is 2.37. The van der Waals surface area contributed by atoms with Gasteiger partial charge in [0.15, 0.2) is 0 Å². The quantitative estimate of drug-likeness (QED) is 0.581. The molecular formula is C22H21Cl2Zr. The molecule has 0 N–H and O–H groups in total. The van der Waals surface area contributed by atoms with E-state index in [9.17, 15) is 0 Å². The smallest absolute Gasteiger partial charge is 1.00 e. The molecule has 0 heterocycles. The van der Waals surface area contributed by atoms with Crippen molar-refractivity contribution in [3.63, 3.8) is 0 Å². The molecule has 2 aliphatic rings. The number of allylic oxidation sites excluding steroid dienone is 4. The third-order valence-electron chi connectivity index (χ3n) is 5.04. The normalized spacial score (nSPS) is 17.7. The Kier molecular flexibility index (Phi) is 6.25. The second-order valence-corrected chi connectivity index (χ2v) is 9.14. The van der Waals surface area contributed by atoms with E-state index in [1.54, 1.807) is 33.6 Å². The summed E-state index contributed by atoms with van der Waals surface area (Å²) in [5.41, 5.74) is 9.05. The van der Waals surface area contributed by atoms with Crippen molar-refractivity contribution in [2.24, 2.45) is 5.41 Å².